The fourth-order valence-electron chi connectivity index (χ4n) is 2.21. The van der Waals surface area contributed by atoms with Gasteiger partial charge in [-0.2, -0.15) is 0 Å². The van der Waals surface area contributed by atoms with Crippen LogP contribution in [0.5, 0.6) is 0 Å². The van der Waals surface area contributed by atoms with E-state index in [0.717, 1.165) is 10.9 Å². The van der Waals surface area contributed by atoms with E-state index in [4.69, 9.17) is 4.74 Å². The van der Waals surface area contributed by atoms with Gasteiger partial charge in [-0.3, -0.25) is 4.98 Å². The molecule has 0 saturated heterocycles. The third-order valence-corrected chi connectivity index (χ3v) is 3.34. The Morgan fingerprint density at radius 2 is 1.95 bits per heavy atom. The van der Waals surface area contributed by atoms with Gasteiger partial charge in [-0.1, -0.05) is 6.07 Å². The summed E-state index contributed by atoms with van der Waals surface area (Å²) in [5.74, 6) is 0.357. The van der Waals surface area contributed by atoms with Crippen LogP contribution in [0.1, 0.15) is 55.6 Å². The second-order valence-electron chi connectivity index (χ2n) is 6.42. The first-order chi connectivity index (χ1) is 9.42. The van der Waals surface area contributed by atoms with Crippen molar-refractivity contribution in [3.63, 3.8) is 0 Å². The predicted molar refractivity (Wildman–Crippen MR) is 78.9 cm³/mol. The van der Waals surface area contributed by atoms with E-state index in [2.05, 4.69) is 11.1 Å². The van der Waals surface area contributed by atoms with Gasteiger partial charge in [0, 0.05) is 17.0 Å². The van der Waals surface area contributed by atoms with E-state index in [-0.39, 0.29) is 5.97 Å². The van der Waals surface area contributed by atoms with Crippen molar-refractivity contribution in [2.45, 2.75) is 45.1 Å². The molecule has 1 aromatic heterocycles. The molecule has 3 heteroatoms. The molecule has 0 bridgehead atoms. The Balaban J connectivity index is 1.90. The van der Waals surface area contributed by atoms with Gasteiger partial charge in [0.1, 0.15) is 5.60 Å². The minimum absolute atomic E-state index is 0.286. The fraction of sp³-hybridized carbons (Fsp3) is 0.412. The lowest BCUT2D eigenvalue weighted by molar-refractivity contribution is 0.00697. The molecule has 1 aromatic carbocycles. The third kappa shape index (κ3) is 2.82. The van der Waals surface area contributed by atoms with Gasteiger partial charge in [-0.15, -0.1) is 0 Å². The van der Waals surface area contributed by atoms with E-state index in [0.29, 0.717) is 11.5 Å². The minimum Gasteiger partial charge on any atom is -0.456 e. The van der Waals surface area contributed by atoms with Gasteiger partial charge in [0.15, 0.2) is 0 Å². The number of hydrogen-bond donors (Lipinski definition) is 0. The summed E-state index contributed by atoms with van der Waals surface area (Å²) in [6.45, 7) is 5.61. The SMILES string of the molecule is CC(C)(C)OC(=O)c1ccc2nc(C3CC3)ccc2c1. The summed E-state index contributed by atoms with van der Waals surface area (Å²) in [5, 5.41) is 0.984. The molecule has 104 valence electrons. The number of benzene rings is 1. The third-order valence-electron chi connectivity index (χ3n) is 3.34. The monoisotopic (exact) mass is 269 g/mol. The Morgan fingerprint density at radius 1 is 1.20 bits per heavy atom. The maximum absolute atomic E-state index is 12.0. The highest BCUT2D eigenvalue weighted by molar-refractivity contribution is 5.94. The highest BCUT2D eigenvalue weighted by atomic mass is 16.6. The summed E-state index contributed by atoms with van der Waals surface area (Å²) in [7, 11) is 0. The smallest absolute Gasteiger partial charge is 0.338 e. The average molecular weight is 269 g/mol. The first-order valence-electron chi connectivity index (χ1n) is 7.06. The lowest BCUT2D eigenvalue weighted by atomic mass is 10.1. The molecule has 3 rings (SSSR count). The van der Waals surface area contributed by atoms with E-state index in [1.165, 1.54) is 18.5 Å². The standard InChI is InChI=1S/C17H19NO2/c1-17(2,3)20-16(19)13-7-9-15-12(10-13)6-8-14(18-15)11-4-5-11/h6-11H,4-5H2,1-3H3. The number of pyridine rings is 1. The quantitative estimate of drug-likeness (QED) is 0.771. The summed E-state index contributed by atoms with van der Waals surface area (Å²) >= 11 is 0. The van der Waals surface area contributed by atoms with Gasteiger partial charge >= 0.3 is 5.97 Å². The molecule has 1 fully saturated rings. The van der Waals surface area contributed by atoms with Crippen molar-refractivity contribution in [2.75, 3.05) is 0 Å². The highest BCUT2D eigenvalue weighted by Gasteiger charge is 2.25. The largest absolute Gasteiger partial charge is 0.456 e. The van der Waals surface area contributed by atoms with Crippen LogP contribution in [0.2, 0.25) is 0 Å². The Morgan fingerprint density at radius 3 is 2.60 bits per heavy atom. The fourth-order valence-corrected chi connectivity index (χ4v) is 2.21. The summed E-state index contributed by atoms with van der Waals surface area (Å²) in [6.07, 6.45) is 2.49. The van der Waals surface area contributed by atoms with E-state index < -0.39 is 5.60 Å². The van der Waals surface area contributed by atoms with E-state index in [1.54, 1.807) is 6.07 Å². The number of esters is 1. The van der Waals surface area contributed by atoms with Crippen molar-refractivity contribution in [1.29, 1.82) is 0 Å². The van der Waals surface area contributed by atoms with Crippen molar-refractivity contribution in [2.24, 2.45) is 0 Å². The molecule has 1 heterocycles. The van der Waals surface area contributed by atoms with Crippen LogP contribution in [0.25, 0.3) is 10.9 Å². The lowest BCUT2D eigenvalue weighted by Gasteiger charge is -2.19. The number of carbonyl (C=O) groups is 1. The van der Waals surface area contributed by atoms with Gasteiger partial charge in [-0.05, 0) is 57.9 Å². The maximum atomic E-state index is 12.0. The Hall–Kier alpha value is -1.90. The Kier molecular flexibility index (Phi) is 3.00. The molecular weight excluding hydrogens is 250 g/mol. The van der Waals surface area contributed by atoms with Gasteiger partial charge in [-0.25, -0.2) is 4.79 Å². The second-order valence-corrected chi connectivity index (χ2v) is 6.42. The van der Waals surface area contributed by atoms with Gasteiger partial charge < -0.3 is 4.74 Å². The Labute approximate surface area is 119 Å². The van der Waals surface area contributed by atoms with Crippen LogP contribution in [0.15, 0.2) is 30.3 Å². The molecule has 0 unspecified atom stereocenters. The van der Waals surface area contributed by atoms with Crippen molar-refractivity contribution in [3.05, 3.63) is 41.6 Å². The zero-order chi connectivity index (χ0) is 14.3. The molecule has 1 saturated carbocycles. The Bertz CT molecular complexity index is 666. The van der Waals surface area contributed by atoms with Gasteiger partial charge in [0.25, 0.3) is 0 Å². The van der Waals surface area contributed by atoms with Crippen LogP contribution >= 0.6 is 0 Å². The number of nitrogens with zero attached hydrogens (tertiary/aromatic N) is 1. The van der Waals surface area contributed by atoms with Gasteiger partial charge in [0.2, 0.25) is 0 Å². The molecule has 0 spiro atoms. The van der Waals surface area contributed by atoms with Crippen molar-refractivity contribution < 1.29 is 9.53 Å². The molecule has 0 aliphatic heterocycles. The van der Waals surface area contributed by atoms with E-state index >= 15 is 0 Å². The van der Waals surface area contributed by atoms with Crippen LogP contribution in [0.4, 0.5) is 0 Å². The van der Waals surface area contributed by atoms with Crippen LogP contribution < -0.4 is 0 Å². The maximum Gasteiger partial charge on any atom is 0.338 e. The first-order valence-corrected chi connectivity index (χ1v) is 7.06. The number of fused-ring (bicyclic) bond motifs is 1. The van der Waals surface area contributed by atoms with Crippen LogP contribution in [-0.4, -0.2) is 16.6 Å². The average Bonchev–Trinajstić information content (AvgIpc) is 3.19. The number of ether oxygens (including phenoxy) is 1. The summed E-state index contributed by atoms with van der Waals surface area (Å²) in [4.78, 5) is 16.7. The second kappa shape index (κ2) is 4.58. The highest BCUT2D eigenvalue weighted by Crippen LogP contribution is 2.39. The topological polar surface area (TPSA) is 39.2 Å². The van der Waals surface area contributed by atoms with E-state index in [9.17, 15) is 4.79 Å². The van der Waals surface area contributed by atoms with Crippen molar-refractivity contribution in [1.82, 2.24) is 4.98 Å². The van der Waals surface area contributed by atoms with E-state index in [1.807, 2.05) is 39.0 Å². The van der Waals surface area contributed by atoms with Gasteiger partial charge in [0.05, 0.1) is 11.1 Å². The summed E-state index contributed by atoms with van der Waals surface area (Å²) in [5.41, 5.74) is 2.22. The number of carbonyl (C=O) groups excluding carboxylic acids is 1. The zero-order valence-electron chi connectivity index (χ0n) is 12.1. The molecule has 0 amide bonds. The van der Waals surface area contributed by atoms with Crippen LogP contribution in [0, 0.1) is 0 Å². The number of aromatic nitrogens is 1. The molecule has 0 atom stereocenters. The molecule has 2 aromatic rings. The number of rotatable bonds is 2. The van der Waals surface area contributed by atoms with Crippen molar-refractivity contribution in [3.8, 4) is 0 Å². The molecule has 0 radical (unpaired) electrons. The predicted octanol–water partition coefficient (Wildman–Crippen LogP) is 4.07. The minimum atomic E-state index is -0.472. The number of hydrogen-bond acceptors (Lipinski definition) is 3. The molecule has 1 aliphatic carbocycles. The van der Waals surface area contributed by atoms with Crippen molar-refractivity contribution >= 4 is 16.9 Å². The summed E-state index contributed by atoms with van der Waals surface area (Å²) < 4.78 is 5.39. The lowest BCUT2D eigenvalue weighted by Crippen LogP contribution is -2.23. The first kappa shape index (κ1) is 13.1. The zero-order valence-corrected chi connectivity index (χ0v) is 12.1. The summed E-state index contributed by atoms with van der Waals surface area (Å²) in [6, 6.07) is 9.66. The normalized spacial score (nSPS) is 15.3. The molecule has 3 nitrogen and oxygen atoms in total. The molecule has 1 aliphatic rings. The van der Waals surface area contributed by atoms with Crippen LogP contribution in [-0.2, 0) is 4.74 Å². The molecule has 0 N–H and O–H groups in total. The molecular formula is C17H19NO2. The molecule has 20 heavy (non-hydrogen) atoms. The van der Waals surface area contributed by atoms with Crippen LogP contribution in [0.3, 0.4) is 0 Å².